The van der Waals surface area contributed by atoms with E-state index in [0.29, 0.717) is 22.8 Å². The van der Waals surface area contributed by atoms with Crippen LogP contribution in [-0.4, -0.2) is 23.2 Å². The summed E-state index contributed by atoms with van der Waals surface area (Å²) in [5.74, 6) is 4.07. The molecule has 0 saturated heterocycles. The highest BCUT2D eigenvalue weighted by atomic mass is 16.3. The van der Waals surface area contributed by atoms with Crippen LogP contribution in [0.1, 0.15) is 85.5 Å². The van der Waals surface area contributed by atoms with Crippen molar-refractivity contribution in [3.8, 4) is 0 Å². The molecule has 4 aliphatic carbocycles. The molecule has 3 heteroatoms. The highest BCUT2D eigenvalue weighted by Gasteiger charge is 2.60. The molecule has 9 atom stereocenters. The Balaban J connectivity index is 1.55. The summed E-state index contributed by atoms with van der Waals surface area (Å²) in [5.41, 5.74) is 0.866. The monoisotopic (exact) mass is 361 g/mol. The fourth-order valence-electron chi connectivity index (χ4n) is 8.52. The summed E-state index contributed by atoms with van der Waals surface area (Å²) in [6, 6.07) is 0.302. The second-order valence-electron chi connectivity index (χ2n) is 10.8. The van der Waals surface area contributed by atoms with Gasteiger partial charge in [-0.05, 0) is 105 Å². The van der Waals surface area contributed by atoms with E-state index in [-0.39, 0.29) is 12.0 Å². The minimum atomic E-state index is -0.0483. The number of fused-ring (bicyclic) bond motifs is 5. The van der Waals surface area contributed by atoms with Gasteiger partial charge >= 0.3 is 0 Å². The lowest BCUT2D eigenvalue weighted by molar-refractivity contribution is -0.129. The van der Waals surface area contributed by atoms with E-state index in [4.69, 9.17) is 0 Å². The predicted molar refractivity (Wildman–Crippen MR) is 105 cm³/mol. The normalized spacial score (nSPS) is 51.7. The number of amides is 1. The number of carbonyl (C=O) groups excluding carboxylic acids is 1. The number of aliphatic hydroxyl groups excluding tert-OH is 1. The molecule has 4 saturated carbocycles. The van der Waals surface area contributed by atoms with Gasteiger partial charge in [0, 0.05) is 13.0 Å². The van der Waals surface area contributed by atoms with Crippen molar-refractivity contribution in [2.24, 2.45) is 40.4 Å². The summed E-state index contributed by atoms with van der Waals surface area (Å²) in [6.07, 6.45) is 11.3. The minimum Gasteiger partial charge on any atom is -0.393 e. The lowest BCUT2D eigenvalue weighted by Crippen LogP contribution is -2.55. The number of nitrogens with one attached hydrogen (secondary N) is 1. The number of hydrogen-bond acceptors (Lipinski definition) is 2. The van der Waals surface area contributed by atoms with Crippen LogP contribution >= 0.6 is 0 Å². The third-order valence-electron chi connectivity index (χ3n) is 9.75. The molecule has 0 aromatic heterocycles. The Morgan fingerprint density at radius 2 is 1.69 bits per heavy atom. The van der Waals surface area contributed by atoms with E-state index in [9.17, 15) is 9.90 Å². The molecule has 0 heterocycles. The highest BCUT2D eigenvalue weighted by molar-refractivity contribution is 5.73. The standard InChI is InChI=1S/C23H39NO2/c1-14(24-15(2)25)19-7-8-20-18-6-5-16-13-17(26)9-11-22(16,3)21(18)10-12-23(19,20)4/h14,16-21,26H,5-13H2,1-4H3,(H,24,25)/t14-,16-,17+,18-,19+,20-,21-,22-,23+/m0/s1. The molecule has 3 nitrogen and oxygen atoms in total. The van der Waals surface area contributed by atoms with Crippen molar-refractivity contribution in [1.29, 1.82) is 0 Å². The van der Waals surface area contributed by atoms with Crippen molar-refractivity contribution in [2.75, 3.05) is 0 Å². The van der Waals surface area contributed by atoms with Crippen LogP contribution < -0.4 is 5.32 Å². The molecule has 0 aromatic rings. The van der Waals surface area contributed by atoms with Crippen molar-refractivity contribution < 1.29 is 9.90 Å². The number of hydrogen-bond donors (Lipinski definition) is 2. The van der Waals surface area contributed by atoms with Gasteiger partial charge in [0.15, 0.2) is 0 Å². The largest absolute Gasteiger partial charge is 0.393 e. The molecular formula is C23H39NO2. The van der Waals surface area contributed by atoms with Crippen LogP contribution in [0.4, 0.5) is 0 Å². The molecule has 4 aliphatic rings. The van der Waals surface area contributed by atoms with E-state index in [1.807, 2.05) is 0 Å². The van der Waals surface area contributed by atoms with Crippen LogP contribution in [0.2, 0.25) is 0 Å². The lowest BCUT2D eigenvalue weighted by atomic mass is 9.44. The summed E-state index contributed by atoms with van der Waals surface area (Å²) in [5, 5.41) is 13.4. The predicted octanol–water partition coefficient (Wildman–Crippen LogP) is 4.53. The zero-order valence-corrected chi connectivity index (χ0v) is 17.3. The number of aliphatic hydroxyl groups is 1. The first kappa shape index (κ1) is 18.8. The molecule has 2 N–H and O–H groups in total. The Morgan fingerprint density at radius 1 is 1.00 bits per heavy atom. The minimum absolute atomic E-state index is 0.0483. The first-order chi connectivity index (χ1) is 12.3. The quantitative estimate of drug-likeness (QED) is 0.759. The number of rotatable bonds is 2. The van der Waals surface area contributed by atoms with Crippen LogP contribution in [0, 0.1) is 40.4 Å². The third-order valence-corrected chi connectivity index (χ3v) is 9.75. The van der Waals surface area contributed by atoms with Gasteiger partial charge in [-0.25, -0.2) is 0 Å². The van der Waals surface area contributed by atoms with E-state index in [2.05, 4.69) is 26.1 Å². The second kappa shape index (κ2) is 6.50. The van der Waals surface area contributed by atoms with Gasteiger partial charge in [0.05, 0.1) is 6.10 Å². The molecule has 0 aliphatic heterocycles. The maximum atomic E-state index is 11.6. The molecule has 1 amide bonds. The van der Waals surface area contributed by atoms with Gasteiger partial charge in [-0.1, -0.05) is 13.8 Å². The van der Waals surface area contributed by atoms with Crippen molar-refractivity contribution in [3.63, 3.8) is 0 Å². The van der Waals surface area contributed by atoms with Crippen LogP contribution in [0.25, 0.3) is 0 Å². The summed E-state index contributed by atoms with van der Waals surface area (Å²) in [4.78, 5) is 11.6. The van der Waals surface area contributed by atoms with Gasteiger partial charge in [0.2, 0.25) is 5.91 Å². The topological polar surface area (TPSA) is 49.3 Å². The summed E-state index contributed by atoms with van der Waals surface area (Å²) in [7, 11) is 0. The zero-order chi connectivity index (χ0) is 18.7. The Bertz CT molecular complexity index is 562. The van der Waals surface area contributed by atoms with Gasteiger partial charge in [0.25, 0.3) is 0 Å². The van der Waals surface area contributed by atoms with Gasteiger partial charge in [-0.15, -0.1) is 0 Å². The van der Waals surface area contributed by atoms with Crippen LogP contribution in [0.5, 0.6) is 0 Å². The first-order valence-corrected chi connectivity index (χ1v) is 11.2. The van der Waals surface area contributed by atoms with Crippen molar-refractivity contribution in [3.05, 3.63) is 0 Å². The van der Waals surface area contributed by atoms with Gasteiger partial charge in [-0.3, -0.25) is 4.79 Å². The van der Waals surface area contributed by atoms with Crippen LogP contribution in [0.3, 0.4) is 0 Å². The van der Waals surface area contributed by atoms with E-state index < -0.39 is 0 Å². The number of carbonyl (C=O) groups is 1. The third kappa shape index (κ3) is 2.75. The smallest absolute Gasteiger partial charge is 0.217 e. The van der Waals surface area contributed by atoms with E-state index in [1.54, 1.807) is 6.92 Å². The zero-order valence-electron chi connectivity index (χ0n) is 17.3. The maximum Gasteiger partial charge on any atom is 0.217 e. The lowest BCUT2D eigenvalue weighted by Gasteiger charge is -2.61. The SMILES string of the molecule is CC(=O)N[C@@H](C)[C@H]1CC[C@H]2[C@@H]3CC[C@H]4C[C@H](O)CC[C@]4(C)[C@H]3CC[C@]12C. The van der Waals surface area contributed by atoms with Crippen molar-refractivity contribution in [2.45, 2.75) is 97.6 Å². The Morgan fingerprint density at radius 3 is 2.42 bits per heavy atom. The highest BCUT2D eigenvalue weighted by Crippen LogP contribution is 2.67. The van der Waals surface area contributed by atoms with E-state index in [1.165, 1.54) is 44.9 Å². The summed E-state index contributed by atoms with van der Waals surface area (Å²) < 4.78 is 0. The summed E-state index contributed by atoms with van der Waals surface area (Å²) >= 11 is 0. The molecule has 4 rings (SSSR count). The molecule has 0 radical (unpaired) electrons. The Hall–Kier alpha value is -0.570. The van der Waals surface area contributed by atoms with E-state index >= 15 is 0 Å². The average molecular weight is 362 g/mol. The van der Waals surface area contributed by atoms with Crippen molar-refractivity contribution >= 4 is 5.91 Å². The molecule has 0 unspecified atom stereocenters. The van der Waals surface area contributed by atoms with Gasteiger partial charge in [-0.2, -0.15) is 0 Å². The maximum absolute atomic E-state index is 11.6. The molecule has 148 valence electrons. The molecular weight excluding hydrogens is 322 g/mol. The van der Waals surface area contributed by atoms with Gasteiger partial charge < -0.3 is 10.4 Å². The Kier molecular flexibility index (Phi) is 4.69. The first-order valence-electron chi connectivity index (χ1n) is 11.2. The van der Waals surface area contributed by atoms with Gasteiger partial charge in [0.1, 0.15) is 0 Å². The molecule has 4 fully saturated rings. The molecule has 0 spiro atoms. The summed E-state index contributed by atoms with van der Waals surface area (Å²) in [6.45, 7) is 8.99. The second-order valence-corrected chi connectivity index (χ2v) is 10.8. The fraction of sp³-hybridized carbons (Fsp3) is 0.957. The van der Waals surface area contributed by atoms with Crippen LogP contribution in [-0.2, 0) is 4.79 Å². The van der Waals surface area contributed by atoms with Crippen LogP contribution in [0.15, 0.2) is 0 Å². The molecule has 0 bridgehead atoms. The fourth-order valence-corrected chi connectivity index (χ4v) is 8.52. The molecule has 26 heavy (non-hydrogen) atoms. The van der Waals surface area contributed by atoms with E-state index in [0.717, 1.165) is 36.5 Å². The molecule has 0 aromatic carbocycles. The Labute approximate surface area is 159 Å². The van der Waals surface area contributed by atoms with Crippen molar-refractivity contribution in [1.82, 2.24) is 5.32 Å². The average Bonchev–Trinajstić information content (AvgIpc) is 2.92.